The van der Waals surface area contributed by atoms with E-state index in [9.17, 15) is 4.79 Å². The number of carbonyl (C=O) groups excluding carboxylic acids is 1. The van der Waals surface area contributed by atoms with Crippen LogP contribution in [0.2, 0.25) is 0 Å². The third-order valence-electron chi connectivity index (χ3n) is 4.61. The van der Waals surface area contributed by atoms with Crippen molar-refractivity contribution >= 4 is 17.5 Å². The van der Waals surface area contributed by atoms with Crippen molar-refractivity contribution in [2.24, 2.45) is 0 Å². The highest BCUT2D eigenvalue weighted by molar-refractivity contribution is 5.81. The number of nitrogens with zero attached hydrogens (tertiary/aromatic N) is 3. The molecular weight excluding hydrogens is 346 g/mol. The zero-order chi connectivity index (χ0) is 18.5. The summed E-state index contributed by atoms with van der Waals surface area (Å²) >= 11 is 0. The fourth-order valence-corrected chi connectivity index (χ4v) is 3.20. The molecule has 1 saturated heterocycles. The molecule has 2 aliphatic heterocycles. The molecule has 3 heterocycles. The van der Waals surface area contributed by atoms with Crippen LogP contribution in [0, 0.1) is 0 Å². The summed E-state index contributed by atoms with van der Waals surface area (Å²) in [4.78, 5) is 23.1. The number of anilines is 2. The molecule has 2 aromatic rings. The highest BCUT2D eigenvalue weighted by Gasteiger charge is 2.26. The zero-order valence-corrected chi connectivity index (χ0v) is 15.1. The molecule has 1 unspecified atom stereocenters. The van der Waals surface area contributed by atoms with Crippen LogP contribution < -0.4 is 25.0 Å². The molecule has 1 fully saturated rings. The van der Waals surface area contributed by atoms with Crippen molar-refractivity contribution < 1.29 is 14.3 Å². The first-order chi connectivity index (χ1) is 13.3. The monoisotopic (exact) mass is 369 g/mol. The van der Waals surface area contributed by atoms with E-state index in [1.807, 2.05) is 24.3 Å². The van der Waals surface area contributed by atoms with E-state index in [4.69, 9.17) is 9.47 Å². The molecule has 8 nitrogen and oxygen atoms in total. The Labute approximate surface area is 157 Å². The van der Waals surface area contributed by atoms with E-state index in [1.165, 1.54) is 12.8 Å². The van der Waals surface area contributed by atoms with E-state index in [-0.39, 0.29) is 12.5 Å². The topological polar surface area (TPSA) is 88.6 Å². The van der Waals surface area contributed by atoms with Crippen LogP contribution in [0.15, 0.2) is 36.7 Å². The van der Waals surface area contributed by atoms with Crippen LogP contribution in [0.5, 0.6) is 11.5 Å². The van der Waals surface area contributed by atoms with Crippen LogP contribution in [-0.4, -0.2) is 54.8 Å². The molecule has 1 aromatic heterocycles. The Kier molecular flexibility index (Phi) is 5.22. The number of para-hydroxylation sites is 2. The van der Waals surface area contributed by atoms with Crippen molar-refractivity contribution in [3.05, 3.63) is 36.7 Å². The number of benzene rings is 1. The maximum absolute atomic E-state index is 12.3. The Morgan fingerprint density at radius 3 is 2.81 bits per heavy atom. The first kappa shape index (κ1) is 17.4. The van der Waals surface area contributed by atoms with Gasteiger partial charge in [-0.25, -0.2) is 9.97 Å². The van der Waals surface area contributed by atoms with Crippen LogP contribution in [0.1, 0.15) is 12.8 Å². The summed E-state index contributed by atoms with van der Waals surface area (Å²) in [5, 5.41) is 6.08. The summed E-state index contributed by atoms with van der Waals surface area (Å²) in [7, 11) is 0. The van der Waals surface area contributed by atoms with Crippen LogP contribution >= 0.6 is 0 Å². The Balaban J connectivity index is 1.22. The first-order valence-corrected chi connectivity index (χ1v) is 9.27. The summed E-state index contributed by atoms with van der Waals surface area (Å²) in [6.07, 6.45) is 3.34. The molecule has 0 bridgehead atoms. The lowest BCUT2D eigenvalue weighted by Gasteiger charge is -2.25. The predicted molar refractivity (Wildman–Crippen MR) is 101 cm³/mol. The van der Waals surface area contributed by atoms with Crippen LogP contribution in [0.3, 0.4) is 0 Å². The molecule has 0 radical (unpaired) electrons. The highest BCUT2D eigenvalue weighted by atomic mass is 16.6. The van der Waals surface area contributed by atoms with Gasteiger partial charge in [-0.3, -0.25) is 4.79 Å². The van der Waals surface area contributed by atoms with E-state index >= 15 is 0 Å². The second kappa shape index (κ2) is 8.11. The lowest BCUT2D eigenvalue weighted by Crippen LogP contribution is -2.45. The summed E-state index contributed by atoms with van der Waals surface area (Å²) < 4.78 is 11.3. The molecule has 4 rings (SSSR count). The molecule has 8 heteroatoms. The SMILES string of the molecule is O=C(NCCNc1cc(N2CCCC2)ncn1)C1COc2ccccc2O1. The molecule has 27 heavy (non-hydrogen) atoms. The number of rotatable bonds is 6. The van der Waals surface area contributed by atoms with Gasteiger partial charge < -0.3 is 25.0 Å². The van der Waals surface area contributed by atoms with Gasteiger partial charge in [0, 0.05) is 32.2 Å². The largest absolute Gasteiger partial charge is 0.485 e. The van der Waals surface area contributed by atoms with E-state index in [0.29, 0.717) is 24.6 Å². The Bertz CT molecular complexity index is 794. The second-order valence-corrected chi connectivity index (χ2v) is 6.54. The number of nitrogens with one attached hydrogen (secondary N) is 2. The minimum absolute atomic E-state index is 0.188. The molecular formula is C19H23N5O3. The van der Waals surface area contributed by atoms with Crippen molar-refractivity contribution in [2.45, 2.75) is 18.9 Å². The van der Waals surface area contributed by atoms with Gasteiger partial charge in [0.1, 0.15) is 24.6 Å². The van der Waals surface area contributed by atoms with E-state index in [1.54, 1.807) is 12.4 Å². The average Bonchev–Trinajstić information content (AvgIpc) is 3.26. The van der Waals surface area contributed by atoms with Gasteiger partial charge >= 0.3 is 0 Å². The maximum atomic E-state index is 12.3. The van der Waals surface area contributed by atoms with Crippen LogP contribution in [-0.2, 0) is 4.79 Å². The van der Waals surface area contributed by atoms with E-state index in [0.717, 1.165) is 24.7 Å². The van der Waals surface area contributed by atoms with Gasteiger partial charge in [0.15, 0.2) is 11.5 Å². The molecule has 2 aliphatic rings. The van der Waals surface area contributed by atoms with Crippen LogP contribution in [0.4, 0.5) is 11.6 Å². The van der Waals surface area contributed by atoms with E-state index in [2.05, 4.69) is 25.5 Å². The van der Waals surface area contributed by atoms with Gasteiger partial charge in [-0.1, -0.05) is 12.1 Å². The smallest absolute Gasteiger partial charge is 0.264 e. The molecule has 2 N–H and O–H groups in total. The maximum Gasteiger partial charge on any atom is 0.264 e. The van der Waals surface area contributed by atoms with Gasteiger partial charge in [0.25, 0.3) is 5.91 Å². The molecule has 142 valence electrons. The predicted octanol–water partition coefficient (Wildman–Crippen LogP) is 1.44. The third kappa shape index (κ3) is 4.21. The van der Waals surface area contributed by atoms with Gasteiger partial charge in [0.05, 0.1) is 0 Å². The lowest BCUT2D eigenvalue weighted by atomic mass is 10.2. The highest BCUT2D eigenvalue weighted by Crippen LogP contribution is 2.30. The average molecular weight is 369 g/mol. The molecule has 1 atom stereocenters. The van der Waals surface area contributed by atoms with Crippen molar-refractivity contribution in [2.75, 3.05) is 43.0 Å². The fourth-order valence-electron chi connectivity index (χ4n) is 3.20. The number of carbonyl (C=O) groups is 1. The number of amides is 1. The molecule has 1 aromatic carbocycles. The lowest BCUT2D eigenvalue weighted by molar-refractivity contribution is -0.130. The first-order valence-electron chi connectivity index (χ1n) is 9.27. The number of hydrogen-bond acceptors (Lipinski definition) is 7. The molecule has 0 spiro atoms. The van der Waals surface area contributed by atoms with Crippen molar-refractivity contribution in [3.63, 3.8) is 0 Å². The minimum atomic E-state index is -0.638. The third-order valence-corrected chi connectivity index (χ3v) is 4.61. The summed E-state index contributed by atoms with van der Waals surface area (Å²) in [5.41, 5.74) is 0. The van der Waals surface area contributed by atoms with Gasteiger partial charge in [-0.05, 0) is 25.0 Å². The van der Waals surface area contributed by atoms with Crippen molar-refractivity contribution in [1.29, 1.82) is 0 Å². The minimum Gasteiger partial charge on any atom is -0.485 e. The number of aromatic nitrogens is 2. The Morgan fingerprint density at radius 1 is 1.15 bits per heavy atom. The molecule has 0 aliphatic carbocycles. The van der Waals surface area contributed by atoms with Crippen molar-refractivity contribution in [3.8, 4) is 11.5 Å². The van der Waals surface area contributed by atoms with Crippen LogP contribution in [0.25, 0.3) is 0 Å². The summed E-state index contributed by atoms with van der Waals surface area (Å²) in [5.74, 6) is 2.78. The van der Waals surface area contributed by atoms with E-state index < -0.39 is 6.10 Å². The summed E-state index contributed by atoms with van der Waals surface area (Å²) in [6, 6.07) is 9.29. The molecule has 1 amide bonds. The standard InChI is InChI=1S/C19H23N5O3/c25-19(16-12-26-14-5-1-2-6-15(14)27-16)21-8-7-20-17-11-18(23-13-22-17)24-9-3-4-10-24/h1-2,5-6,11,13,16H,3-4,7-10,12H2,(H,21,25)(H,20,22,23). The Hall–Kier alpha value is -3.03. The number of hydrogen-bond donors (Lipinski definition) is 2. The van der Waals surface area contributed by atoms with Crippen molar-refractivity contribution in [1.82, 2.24) is 15.3 Å². The van der Waals surface area contributed by atoms with Gasteiger partial charge in [0.2, 0.25) is 6.10 Å². The molecule has 0 saturated carbocycles. The quantitative estimate of drug-likeness (QED) is 0.745. The van der Waals surface area contributed by atoms with Gasteiger partial charge in [-0.2, -0.15) is 0 Å². The normalized spacial score (nSPS) is 18.2. The number of ether oxygens (including phenoxy) is 2. The Morgan fingerprint density at radius 2 is 1.96 bits per heavy atom. The summed E-state index contributed by atoms with van der Waals surface area (Å²) in [6.45, 7) is 3.31. The van der Waals surface area contributed by atoms with Gasteiger partial charge in [-0.15, -0.1) is 0 Å². The number of fused-ring (bicyclic) bond motifs is 1. The fraction of sp³-hybridized carbons (Fsp3) is 0.421. The second-order valence-electron chi connectivity index (χ2n) is 6.54. The zero-order valence-electron chi connectivity index (χ0n) is 15.1.